The molecule has 0 unspecified atom stereocenters. The number of aliphatic hydroxyl groups is 1. The molecule has 236 valence electrons. The average molecular weight is 631 g/mol. The molecule has 0 bridgehead atoms. The van der Waals surface area contributed by atoms with Gasteiger partial charge in [-0.05, 0) is 48.7 Å². The van der Waals surface area contributed by atoms with E-state index in [2.05, 4.69) is 10.6 Å². The van der Waals surface area contributed by atoms with Gasteiger partial charge in [0, 0.05) is 36.1 Å². The molecule has 3 N–H and O–H groups in total. The zero-order valence-corrected chi connectivity index (χ0v) is 26.3. The van der Waals surface area contributed by atoms with Gasteiger partial charge in [-0.1, -0.05) is 61.5 Å². The zero-order chi connectivity index (χ0) is 32.1. The van der Waals surface area contributed by atoms with Gasteiger partial charge in [0.2, 0.25) is 15.9 Å². The van der Waals surface area contributed by atoms with Crippen molar-refractivity contribution >= 4 is 44.1 Å². The summed E-state index contributed by atoms with van der Waals surface area (Å²) in [5.74, 6) is -0.0765. The van der Waals surface area contributed by atoms with Crippen molar-refractivity contribution in [1.29, 1.82) is 0 Å². The summed E-state index contributed by atoms with van der Waals surface area (Å²) in [4.78, 5) is 28.4. The van der Waals surface area contributed by atoms with Crippen molar-refractivity contribution in [2.24, 2.45) is 5.92 Å². The molecule has 45 heavy (non-hydrogen) atoms. The molecule has 0 saturated heterocycles. The molecule has 1 heterocycles. The quantitative estimate of drug-likeness (QED) is 0.253. The molecule has 0 fully saturated rings. The summed E-state index contributed by atoms with van der Waals surface area (Å²) >= 11 is 0. The van der Waals surface area contributed by atoms with E-state index in [4.69, 9.17) is 4.74 Å². The van der Waals surface area contributed by atoms with Gasteiger partial charge in [-0.2, -0.15) is 4.31 Å². The second kappa shape index (κ2) is 13.7. The van der Waals surface area contributed by atoms with Gasteiger partial charge in [0.15, 0.2) is 0 Å². The number of aliphatic hydroxyl groups excluding tert-OH is 1. The first-order valence-corrected chi connectivity index (χ1v) is 16.3. The molecule has 4 aromatic carbocycles. The van der Waals surface area contributed by atoms with Gasteiger partial charge in [0.1, 0.15) is 11.9 Å². The molecule has 11 heteroatoms. The van der Waals surface area contributed by atoms with Crippen LogP contribution in [-0.4, -0.2) is 73.6 Å². The van der Waals surface area contributed by atoms with E-state index < -0.39 is 28.2 Å². The molecule has 1 aliphatic heterocycles. The van der Waals surface area contributed by atoms with Crippen molar-refractivity contribution in [2.45, 2.75) is 37.3 Å². The normalized spacial score (nSPS) is 17.9. The lowest BCUT2D eigenvalue weighted by Crippen LogP contribution is -2.48. The van der Waals surface area contributed by atoms with Crippen molar-refractivity contribution in [3.05, 3.63) is 96.6 Å². The van der Waals surface area contributed by atoms with Gasteiger partial charge in [-0.15, -0.1) is 0 Å². The summed E-state index contributed by atoms with van der Waals surface area (Å²) in [7, 11) is -2.29. The fourth-order valence-electron chi connectivity index (χ4n) is 5.47. The number of nitrogens with one attached hydrogen (secondary N) is 2. The van der Waals surface area contributed by atoms with Gasteiger partial charge in [0.25, 0.3) is 0 Å². The number of anilines is 2. The second-order valence-corrected chi connectivity index (χ2v) is 13.5. The van der Waals surface area contributed by atoms with Crippen LogP contribution in [0.25, 0.3) is 10.8 Å². The number of nitrogens with zero attached hydrogens (tertiary/aromatic N) is 2. The summed E-state index contributed by atoms with van der Waals surface area (Å²) in [5, 5.41) is 17.6. The predicted octanol–water partition coefficient (Wildman–Crippen LogP) is 4.95. The highest BCUT2D eigenvalue weighted by molar-refractivity contribution is 7.89. The van der Waals surface area contributed by atoms with Crippen LogP contribution in [0.1, 0.15) is 19.4 Å². The highest BCUT2D eigenvalue weighted by Crippen LogP contribution is 2.30. The number of carbonyl (C=O) groups is 2. The average Bonchev–Trinajstić information content (AvgIpc) is 3.08. The molecule has 0 saturated carbocycles. The monoisotopic (exact) mass is 630 g/mol. The number of ether oxygens (including phenoxy) is 1. The number of carbonyl (C=O) groups excluding carboxylic acids is 2. The number of hydrogen-bond donors (Lipinski definition) is 3. The Hall–Kier alpha value is -4.45. The number of benzene rings is 4. The van der Waals surface area contributed by atoms with E-state index in [1.165, 1.54) is 11.4 Å². The number of fused-ring (bicyclic) bond motifs is 2. The molecule has 10 nitrogen and oxygen atoms in total. The van der Waals surface area contributed by atoms with Crippen molar-refractivity contribution in [1.82, 2.24) is 9.21 Å². The standard InChI is InChI=1S/C34H38N4O6S/c1-23-20-38(24(2)22-39)33(40)19-26-18-27(35-34(41)36-30-15-9-11-25-10-7-8-14-29(25)30)16-17-31(26)44-32(23)21-37(3)45(42,43)28-12-5-4-6-13-28/h4-18,23-24,32,39H,19-22H2,1-3H3,(H2,35,36,41)/t23-,24+,32+/m0/s1. The number of likely N-dealkylation sites (N-methyl/N-ethyl adjacent to an activating group) is 1. The van der Waals surface area contributed by atoms with Crippen molar-refractivity contribution in [3.63, 3.8) is 0 Å². The number of amides is 3. The molecule has 3 atom stereocenters. The summed E-state index contributed by atoms with van der Waals surface area (Å²) in [6.07, 6.45) is -0.655. The molecular formula is C34H38N4O6S. The third-order valence-corrected chi connectivity index (χ3v) is 9.94. The molecule has 0 aromatic heterocycles. The van der Waals surface area contributed by atoms with Crippen LogP contribution in [0.5, 0.6) is 5.75 Å². The SMILES string of the molecule is C[C@H](CO)N1C[C@H](C)[C@@H](CN(C)S(=O)(=O)c2ccccc2)Oc2ccc(NC(=O)Nc3cccc4ccccc34)cc2CC1=O. The number of hydrogen-bond acceptors (Lipinski definition) is 6. The van der Waals surface area contributed by atoms with E-state index >= 15 is 0 Å². The fourth-order valence-corrected chi connectivity index (χ4v) is 6.67. The Morgan fingerprint density at radius 3 is 2.49 bits per heavy atom. The maximum atomic E-state index is 13.6. The molecule has 1 aliphatic rings. The zero-order valence-electron chi connectivity index (χ0n) is 25.5. The van der Waals surface area contributed by atoms with E-state index in [1.807, 2.05) is 49.4 Å². The first kappa shape index (κ1) is 32.0. The van der Waals surface area contributed by atoms with Crippen LogP contribution < -0.4 is 15.4 Å². The van der Waals surface area contributed by atoms with Crippen molar-refractivity contribution in [3.8, 4) is 5.75 Å². The Bertz CT molecular complexity index is 1780. The van der Waals surface area contributed by atoms with E-state index in [9.17, 15) is 23.1 Å². The van der Waals surface area contributed by atoms with Gasteiger partial charge in [-0.3, -0.25) is 4.79 Å². The van der Waals surface area contributed by atoms with Crippen LogP contribution in [0, 0.1) is 5.92 Å². The fraction of sp³-hybridized carbons (Fsp3) is 0.294. The summed E-state index contributed by atoms with van der Waals surface area (Å²) in [6.45, 7) is 3.73. The number of rotatable bonds is 8. The highest BCUT2D eigenvalue weighted by Gasteiger charge is 2.33. The molecule has 0 spiro atoms. The van der Waals surface area contributed by atoms with Crippen LogP contribution in [0.2, 0.25) is 0 Å². The first-order valence-electron chi connectivity index (χ1n) is 14.8. The van der Waals surface area contributed by atoms with E-state index in [-0.39, 0.29) is 42.8 Å². The minimum absolute atomic E-state index is 0.0286. The van der Waals surface area contributed by atoms with Gasteiger partial charge in [-0.25, -0.2) is 13.2 Å². The Kier molecular flexibility index (Phi) is 9.71. The summed E-state index contributed by atoms with van der Waals surface area (Å²) in [6, 6.07) is 25.7. The molecular weight excluding hydrogens is 592 g/mol. The first-order chi connectivity index (χ1) is 21.6. The molecule has 0 aliphatic carbocycles. The molecule has 4 aromatic rings. The lowest BCUT2D eigenvalue weighted by Gasteiger charge is -2.33. The van der Waals surface area contributed by atoms with Crippen LogP contribution >= 0.6 is 0 Å². The Labute approximate surface area is 263 Å². The molecule has 0 radical (unpaired) electrons. The predicted molar refractivity (Wildman–Crippen MR) is 175 cm³/mol. The highest BCUT2D eigenvalue weighted by atomic mass is 32.2. The number of sulfonamides is 1. The lowest BCUT2D eigenvalue weighted by molar-refractivity contribution is -0.134. The maximum Gasteiger partial charge on any atom is 0.323 e. The Morgan fingerprint density at radius 1 is 1.02 bits per heavy atom. The van der Waals surface area contributed by atoms with Crippen LogP contribution in [0.4, 0.5) is 16.2 Å². The largest absolute Gasteiger partial charge is 0.488 e. The van der Waals surface area contributed by atoms with E-state index in [0.717, 1.165) is 10.8 Å². The third kappa shape index (κ3) is 7.28. The maximum absolute atomic E-state index is 13.6. The van der Waals surface area contributed by atoms with Crippen LogP contribution in [0.3, 0.4) is 0 Å². The summed E-state index contributed by atoms with van der Waals surface area (Å²) in [5.41, 5.74) is 1.65. The van der Waals surface area contributed by atoms with Crippen LogP contribution in [-0.2, 0) is 21.2 Å². The van der Waals surface area contributed by atoms with Gasteiger partial charge in [0.05, 0.1) is 36.2 Å². The number of urea groups is 1. The smallest absolute Gasteiger partial charge is 0.323 e. The van der Waals surface area contributed by atoms with E-state index in [1.54, 1.807) is 60.4 Å². The summed E-state index contributed by atoms with van der Waals surface area (Å²) < 4.78 is 34.4. The van der Waals surface area contributed by atoms with Gasteiger partial charge < -0.3 is 25.4 Å². The minimum atomic E-state index is -3.80. The van der Waals surface area contributed by atoms with Crippen LogP contribution in [0.15, 0.2) is 95.9 Å². The molecule has 3 amide bonds. The van der Waals surface area contributed by atoms with E-state index in [0.29, 0.717) is 22.7 Å². The van der Waals surface area contributed by atoms with Crippen molar-refractivity contribution < 1.29 is 27.9 Å². The van der Waals surface area contributed by atoms with Gasteiger partial charge >= 0.3 is 6.03 Å². The van der Waals surface area contributed by atoms with Crippen molar-refractivity contribution in [2.75, 3.05) is 37.4 Å². The third-order valence-electron chi connectivity index (χ3n) is 8.10. The lowest BCUT2D eigenvalue weighted by atomic mass is 10.0. The minimum Gasteiger partial charge on any atom is -0.488 e. The molecule has 5 rings (SSSR count). The topological polar surface area (TPSA) is 128 Å². The second-order valence-electron chi connectivity index (χ2n) is 11.4. The Balaban J connectivity index is 1.41. The Morgan fingerprint density at radius 2 is 1.73 bits per heavy atom.